The van der Waals surface area contributed by atoms with Gasteiger partial charge in [-0.05, 0) is 39.8 Å². The van der Waals surface area contributed by atoms with Crippen LogP contribution in [0.4, 0.5) is 11.5 Å². The van der Waals surface area contributed by atoms with Gasteiger partial charge in [0.15, 0.2) is 0 Å². The van der Waals surface area contributed by atoms with Crippen LogP contribution in [0.2, 0.25) is 0 Å². The molecule has 2 rings (SSSR count). The minimum Gasteiger partial charge on any atom is -0.466 e. The second kappa shape index (κ2) is 5.32. The van der Waals surface area contributed by atoms with Gasteiger partial charge in [0, 0.05) is 11.6 Å². The fourth-order valence-electron chi connectivity index (χ4n) is 2.21. The van der Waals surface area contributed by atoms with Gasteiger partial charge in [0.05, 0.1) is 11.0 Å². The van der Waals surface area contributed by atoms with Crippen molar-refractivity contribution in [3.8, 4) is 0 Å². The number of aryl methyl sites for hydroxylation is 3. The zero-order chi connectivity index (χ0) is 14.9. The third kappa shape index (κ3) is 2.79. The lowest BCUT2D eigenvalue weighted by Crippen LogP contribution is -2.09. The topological polar surface area (TPSA) is 81.2 Å². The molecule has 0 saturated heterocycles. The Kier molecular flexibility index (Phi) is 3.74. The van der Waals surface area contributed by atoms with E-state index in [1.165, 1.54) is 6.07 Å². The molecule has 0 saturated carbocycles. The summed E-state index contributed by atoms with van der Waals surface area (Å²) in [7, 11) is 0. The third-order valence-electron chi connectivity index (χ3n) is 3.16. The van der Waals surface area contributed by atoms with Gasteiger partial charge in [-0.15, -0.1) is 0 Å². The van der Waals surface area contributed by atoms with Gasteiger partial charge in [-0.1, -0.05) is 0 Å². The monoisotopic (exact) mass is 275 g/mol. The van der Waals surface area contributed by atoms with Crippen molar-refractivity contribution >= 4 is 11.5 Å². The first-order valence-electron chi connectivity index (χ1n) is 6.34. The zero-order valence-electron chi connectivity index (χ0n) is 11.9. The van der Waals surface area contributed by atoms with Gasteiger partial charge >= 0.3 is 0 Å². The summed E-state index contributed by atoms with van der Waals surface area (Å²) in [5, 5.41) is 14.0. The van der Waals surface area contributed by atoms with Gasteiger partial charge in [0.25, 0.3) is 5.69 Å². The molecule has 6 nitrogen and oxygen atoms in total. The fourth-order valence-corrected chi connectivity index (χ4v) is 2.21. The number of aromatic nitrogens is 1. The predicted molar refractivity (Wildman–Crippen MR) is 75.8 cm³/mol. The summed E-state index contributed by atoms with van der Waals surface area (Å²) in [5.41, 5.74) is 1.48. The van der Waals surface area contributed by atoms with Crippen molar-refractivity contribution in [2.75, 3.05) is 5.32 Å². The Morgan fingerprint density at radius 3 is 2.55 bits per heavy atom. The highest BCUT2D eigenvalue weighted by atomic mass is 16.6. The van der Waals surface area contributed by atoms with Gasteiger partial charge in [0.1, 0.15) is 23.0 Å². The SMILES string of the molecule is Cc1cc(C(C)Nc2ccc([N+](=O)[O-])c(C)n2)c(C)o1. The summed E-state index contributed by atoms with van der Waals surface area (Å²) in [6, 6.07) is 5.07. The summed E-state index contributed by atoms with van der Waals surface area (Å²) in [6.45, 7) is 7.43. The molecule has 1 atom stereocenters. The van der Waals surface area contributed by atoms with Crippen LogP contribution in [-0.2, 0) is 0 Å². The largest absolute Gasteiger partial charge is 0.466 e. The maximum absolute atomic E-state index is 10.8. The average molecular weight is 275 g/mol. The van der Waals surface area contributed by atoms with Gasteiger partial charge in [-0.2, -0.15) is 0 Å². The molecule has 0 spiro atoms. The van der Waals surface area contributed by atoms with Crippen molar-refractivity contribution in [3.63, 3.8) is 0 Å². The maximum atomic E-state index is 10.8. The van der Waals surface area contributed by atoms with E-state index in [1.807, 2.05) is 26.8 Å². The highest BCUT2D eigenvalue weighted by molar-refractivity contribution is 5.46. The highest BCUT2D eigenvalue weighted by Crippen LogP contribution is 2.25. The summed E-state index contributed by atoms with van der Waals surface area (Å²) < 4.78 is 5.50. The standard InChI is InChI=1S/C14H17N3O3/c1-8-7-12(11(4)20-8)9(2)15-14-6-5-13(17(18)19)10(3)16-14/h5-7,9H,1-4H3,(H,15,16). The van der Waals surface area contributed by atoms with E-state index >= 15 is 0 Å². The van der Waals surface area contributed by atoms with Crippen LogP contribution in [0.1, 0.15) is 35.7 Å². The van der Waals surface area contributed by atoms with Crippen molar-refractivity contribution < 1.29 is 9.34 Å². The number of anilines is 1. The smallest absolute Gasteiger partial charge is 0.290 e. The Morgan fingerprint density at radius 2 is 2.05 bits per heavy atom. The van der Waals surface area contributed by atoms with Crippen LogP contribution in [0.3, 0.4) is 0 Å². The first kappa shape index (κ1) is 14.0. The summed E-state index contributed by atoms with van der Waals surface area (Å²) >= 11 is 0. The average Bonchev–Trinajstić information content (AvgIpc) is 2.68. The third-order valence-corrected chi connectivity index (χ3v) is 3.16. The predicted octanol–water partition coefficient (Wildman–Crippen LogP) is 3.68. The summed E-state index contributed by atoms with van der Waals surface area (Å²) in [5.74, 6) is 2.33. The minimum atomic E-state index is -0.431. The number of hydrogen-bond donors (Lipinski definition) is 1. The molecule has 1 unspecified atom stereocenters. The first-order valence-corrected chi connectivity index (χ1v) is 6.34. The number of nitrogens with zero attached hydrogens (tertiary/aromatic N) is 2. The molecule has 6 heteroatoms. The Balaban J connectivity index is 2.20. The van der Waals surface area contributed by atoms with Gasteiger partial charge in [-0.25, -0.2) is 4.98 Å². The van der Waals surface area contributed by atoms with Crippen LogP contribution in [0.5, 0.6) is 0 Å². The fraction of sp³-hybridized carbons (Fsp3) is 0.357. The quantitative estimate of drug-likeness (QED) is 0.680. The molecule has 0 fully saturated rings. The van der Waals surface area contributed by atoms with E-state index in [0.29, 0.717) is 11.5 Å². The minimum absolute atomic E-state index is 0.0146. The molecule has 2 aromatic rings. The van der Waals surface area contributed by atoms with Crippen LogP contribution in [0.25, 0.3) is 0 Å². The number of nitrogens with one attached hydrogen (secondary N) is 1. The zero-order valence-corrected chi connectivity index (χ0v) is 11.9. The Morgan fingerprint density at radius 1 is 1.35 bits per heavy atom. The molecule has 0 aromatic carbocycles. The van der Waals surface area contributed by atoms with E-state index in [9.17, 15) is 10.1 Å². The number of furan rings is 1. The summed E-state index contributed by atoms with van der Waals surface area (Å²) in [4.78, 5) is 14.5. The highest BCUT2D eigenvalue weighted by Gasteiger charge is 2.15. The van der Waals surface area contributed by atoms with Crippen molar-refractivity contribution in [2.24, 2.45) is 0 Å². The van der Waals surface area contributed by atoms with E-state index in [1.54, 1.807) is 13.0 Å². The molecule has 2 aromatic heterocycles. The molecule has 0 amide bonds. The normalized spacial score (nSPS) is 12.2. The lowest BCUT2D eigenvalue weighted by molar-refractivity contribution is -0.385. The number of nitro groups is 1. The molecule has 0 bridgehead atoms. The van der Waals surface area contributed by atoms with Crippen LogP contribution in [0.15, 0.2) is 22.6 Å². The molecule has 1 N–H and O–H groups in total. The number of hydrogen-bond acceptors (Lipinski definition) is 5. The van der Waals surface area contributed by atoms with E-state index < -0.39 is 4.92 Å². The van der Waals surface area contributed by atoms with Crippen molar-refractivity contribution in [1.29, 1.82) is 0 Å². The Labute approximate surface area is 117 Å². The first-order chi connectivity index (χ1) is 9.38. The molecule has 20 heavy (non-hydrogen) atoms. The second-order valence-corrected chi connectivity index (χ2v) is 4.79. The van der Waals surface area contributed by atoms with Crippen LogP contribution < -0.4 is 5.32 Å². The molecule has 0 aliphatic rings. The van der Waals surface area contributed by atoms with Gasteiger partial charge in [-0.3, -0.25) is 10.1 Å². The van der Waals surface area contributed by atoms with Crippen LogP contribution in [-0.4, -0.2) is 9.91 Å². The number of pyridine rings is 1. The van der Waals surface area contributed by atoms with Crippen molar-refractivity contribution in [2.45, 2.75) is 33.7 Å². The summed E-state index contributed by atoms with van der Waals surface area (Å²) in [6.07, 6.45) is 0. The van der Waals surface area contributed by atoms with Crippen LogP contribution >= 0.6 is 0 Å². The molecular weight excluding hydrogens is 258 g/mol. The molecule has 0 aliphatic heterocycles. The molecule has 0 radical (unpaired) electrons. The van der Waals surface area contributed by atoms with E-state index in [2.05, 4.69) is 10.3 Å². The van der Waals surface area contributed by atoms with Gasteiger partial charge in [0.2, 0.25) is 0 Å². The number of rotatable bonds is 4. The molecule has 106 valence electrons. The maximum Gasteiger partial charge on any atom is 0.290 e. The second-order valence-electron chi connectivity index (χ2n) is 4.79. The van der Waals surface area contributed by atoms with Crippen LogP contribution in [0, 0.1) is 30.9 Å². The molecule has 0 aliphatic carbocycles. The van der Waals surface area contributed by atoms with Gasteiger partial charge < -0.3 is 9.73 Å². The molecule has 2 heterocycles. The van der Waals surface area contributed by atoms with Crippen molar-refractivity contribution in [3.05, 3.63) is 51.1 Å². The molecular formula is C14H17N3O3. The van der Waals surface area contributed by atoms with E-state index in [4.69, 9.17) is 4.42 Å². The lowest BCUT2D eigenvalue weighted by Gasteiger charge is -2.14. The Hall–Kier alpha value is -2.37. The van der Waals surface area contributed by atoms with E-state index in [0.717, 1.165) is 17.1 Å². The lowest BCUT2D eigenvalue weighted by atomic mass is 10.1. The Bertz CT molecular complexity index is 649. The van der Waals surface area contributed by atoms with E-state index in [-0.39, 0.29) is 11.7 Å². The van der Waals surface area contributed by atoms with Crippen molar-refractivity contribution in [1.82, 2.24) is 4.98 Å².